The lowest BCUT2D eigenvalue weighted by molar-refractivity contribution is 0.00629. The Hall–Kier alpha value is -2.51. The Bertz CT molecular complexity index is 656. The molecule has 0 aliphatic rings. The first kappa shape index (κ1) is 12.9. The molecular weight excluding hydrogens is 252 g/mol. The van der Waals surface area contributed by atoms with E-state index in [9.17, 15) is 9.59 Å². The Labute approximate surface area is 108 Å². The summed E-state index contributed by atoms with van der Waals surface area (Å²) < 4.78 is 6.17. The minimum atomic E-state index is -1.23. The van der Waals surface area contributed by atoms with Gasteiger partial charge in [-0.3, -0.25) is 0 Å². The molecule has 2 aromatic rings. The van der Waals surface area contributed by atoms with E-state index in [-0.39, 0.29) is 17.2 Å². The average Bonchev–Trinajstić information content (AvgIpc) is 2.72. The maximum Gasteiger partial charge on any atom is 0.357 e. The highest BCUT2D eigenvalue weighted by atomic mass is 16.6. The van der Waals surface area contributed by atoms with Crippen LogP contribution in [0, 0.1) is 0 Å². The third kappa shape index (κ3) is 2.67. The minimum absolute atomic E-state index is 0.0285. The predicted molar refractivity (Wildman–Crippen MR) is 62.9 cm³/mol. The van der Waals surface area contributed by atoms with Crippen molar-refractivity contribution in [2.45, 2.75) is 26.4 Å². The molecule has 0 atom stereocenters. The van der Waals surface area contributed by atoms with E-state index < -0.39 is 17.5 Å². The van der Waals surface area contributed by atoms with E-state index in [1.807, 2.05) is 0 Å². The van der Waals surface area contributed by atoms with E-state index in [4.69, 9.17) is 9.84 Å². The fourth-order valence-electron chi connectivity index (χ4n) is 1.40. The summed E-state index contributed by atoms with van der Waals surface area (Å²) in [6.07, 6.45) is 1.16. The number of carboxylic acid groups (broad SMARTS) is 1. The minimum Gasteiger partial charge on any atom is -0.477 e. The molecular formula is C11H12N4O4. The molecule has 1 N–H and O–H groups in total. The first-order chi connectivity index (χ1) is 8.78. The number of hydrogen-bond acceptors (Lipinski definition) is 6. The molecule has 0 aromatic carbocycles. The highest BCUT2D eigenvalue weighted by Gasteiger charge is 2.22. The van der Waals surface area contributed by atoms with Crippen molar-refractivity contribution in [3.63, 3.8) is 0 Å². The summed E-state index contributed by atoms with van der Waals surface area (Å²) in [6.45, 7) is 5.12. The van der Waals surface area contributed by atoms with Gasteiger partial charge in [-0.05, 0) is 20.8 Å². The molecule has 0 saturated heterocycles. The third-order valence-electron chi connectivity index (χ3n) is 2.08. The fraction of sp³-hybridized carbons (Fsp3) is 0.364. The van der Waals surface area contributed by atoms with Crippen molar-refractivity contribution in [1.82, 2.24) is 19.6 Å². The number of aromatic carboxylic acids is 1. The number of carbonyl (C=O) groups excluding carboxylic acids is 1. The van der Waals surface area contributed by atoms with Crippen LogP contribution in [0.3, 0.4) is 0 Å². The molecule has 0 unspecified atom stereocenters. The average molecular weight is 264 g/mol. The second-order valence-corrected chi connectivity index (χ2v) is 4.81. The largest absolute Gasteiger partial charge is 0.477 e. The lowest BCUT2D eigenvalue weighted by Crippen LogP contribution is -2.25. The third-order valence-corrected chi connectivity index (χ3v) is 2.08. The zero-order chi connectivity index (χ0) is 14.2. The van der Waals surface area contributed by atoms with E-state index in [0.29, 0.717) is 0 Å². The fourth-order valence-corrected chi connectivity index (χ4v) is 1.40. The predicted octanol–water partition coefficient (Wildman–Crippen LogP) is 0.778. The summed E-state index contributed by atoms with van der Waals surface area (Å²) in [5, 5.41) is 12.8. The standard InChI is InChI=1S/C11H12N4O4/c1-11(2,3)19-9(18)6-4-7(8(16)17)15-10(14-6)12-5-13-15/h4-5H,1-3H3,(H,16,17). The van der Waals surface area contributed by atoms with Gasteiger partial charge in [-0.1, -0.05) is 0 Å². The van der Waals surface area contributed by atoms with E-state index in [2.05, 4.69) is 15.1 Å². The highest BCUT2D eigenvalue weighted by Crippen LogP contribution is 2.12. The lowest BCUT2D eigenvalue weighted by atomic mass is 10.2. The summed E-state index contributed by atoms with van der Waals surface area (Å²) in [7, 11) is 0. The number of carboxylic acids is 1. The maximum atomic E-state index is 11.9. The number of aromatic nitrogens is 4. The molecule has 19 heavy (non-hydrogen) atoms. The number of ether oxygens (including phenoxy) is 1. The van der Waals surface area contributed by atoms with Gasteiger partial charge in [-0.15, -0.1) is 0 Å². The van der Waals surface area contributed by atoms with Crippen LogP contribution >= 0.6 is 0 Å². The van der Waals surface area contributed by atoms with Crippen LogP contribution in [0.2, 0.25) is 0 Å². The summed E-state index contributed by atoms with van der Waals surface area (Å²) >= 11 is 0. The summed E-state index contributed by atoms with van der Waals surface area (Å²) in [4.78, 5) is 30.7. The molecule has 0 saturated carbocycles. The number of fused-ring (bicyclic) bond motifs is 1. The molecule has 0 bridgehead atoms. The van der Waals surface area contributed by atoms with Gasteiger partial charge in [0.2, 0.25) is 0 Å². The van der Waals surface area contributed by atoms with Gasteiger partial charge in [0.1, 0.15) is 11.9 Å². The molecule has 2 rings (SSSR count). The van der Waals surface area contributed by atoms with Crippen molar-refractivity contribution >= 4 is 17.7 Å². The SMILES string of the molecule is CC(C)(C)OC(=O)c1cc(C(=O)O)n2ncnc2n1. The molecule has 0 fully saturated rings. The van der Waals surface area contributed by atoms with Crippen LogP contribution in [-0.2, 0) is 4.74 Å². The second kappa shape index (κ2) is 4.30. The van der Waals surface area contributed by atoms with Crippen LogP contribution in [-0.4, -0.2) is 42.2 Å². The highest BCUT2D eigenvalue weighted by molar-refractivity contribution is 5.92. The lowest BCUT2D eigenvalue weighted by Gasteiger charge is -2.19. The first-order valence-electron chi connectivity index (χ1n) is 5.45. The Morgan fingerprint density at radius 2 is 2.05 bits per heavy atom. The number of hydrogen-bond donors (Lipinski definition) is 1. The van der Waals surface area contributed by atoms with Crippen LogP contribution in [0.1, 0.15) is 41.7 Å². The zero-order valence-electron chi connectivity index (χ0n) is 10.6. The Balaban J connectivity index is 2.50. The second-order valence-electron chi connectivity index (χ2n) is 4.81. The van der Waals surface area contributed by atoms with Crippen LogP contribution in [0.5, 0.6) is 0 Å². The Morgan fingerprint density at radius 1 is 1.37 bits per heavy atom. The molecule has 0 radical (unpaired) electrons. The van der Waals surface area contributed by atoms with Crippen molar-refractivity contribution < 1.29 is 19.4 Å². The Kier molecular flexibility index (Phi) is 2.93. The smallest absolute Gasteiger partial charge is 0.357 e. The van der Waals surface area contributed by atoms with Crippen molar-refractivity contribution in [2.75, 3.05) is 0 Å². The molecule has 0 aliphatic heterocycles. The van der Waals surface area contributed by atoms with Crippen LogP contribution in [0.4, 0.5) is 0 Å². The number of rotatable bonds is 2. The molecule has 0 spiro atoms. The van der Waals surface area contributed by atoms with Gasteiger partial charge in [0, 0.05) is 6.07 Å². The quantitative estimate of drug-likeness (QED) is 0.798. The summed E-state index contributed by atoms with van der Waals surface area (Å²) in [5.41, 5.74) is -1.02. The van der Waals surface area contributed by atoms with Crippen molar-refractivity contribution in [3.8, 4) is 0 Å². The van der Waals surface area contributed by atoms with Gasteiger partial charge in [-0.2, -0.15) is 14.6 Å². The molecule has 8 nitrogen and oxygen atoms in total. The molecule has 8 heteroatoms. The van der Waals surface area contributed by atoms with Gasteiger partial charge >= 0.3 is 11.9 Å². The first-order valence-corrected chi connectivity index (χ1v) is 5.45. The zero-order valence-corrected chi connectivity index (χ0v) is 10.6. The molecule has 0 amide bonds. The summed E-state index contributed by atoms with van der Waals surface area (Å²) in [6, 6.07) is 1.11. The van der Waals surface area contributed by atoms with Crippen LogP contribution in [0.25, 0.3) is 5.78 Å². The van der Waals surface area contributed by atoms with Crippen molar-refractivity contribution in [2.24, 2.45) is 0 Å². The van der Waals surface area contributed by atoms with E-state index in [0.717, 1.165) is 16.9 Å². The molecule has 0 aliphatic carbocycles. The molecule has 100 valence electrons. The number of nitrogens with zero attached hydrogens (tertiary/aromatic N) is 4. The molecule has 2 aromatic heterocycles. The van der Waals surface area contributed by atoms with Gasteiger partial charge in [0.25, 0.3) is 5.78 Å². The summed E-state index contributed by atoms with van der Waals surface area (Å²) in [5.74, 6) is -1.91. The van der Waals surface area contributed by atoms with E-state index >= 15 is 0 Å². The van der Waals surface area contributed by atoms with Crippen LogP contribution in [0.15, 0.2) is 12.4 Å². The van der Waals surface area contributed by atoms with Crippen LogP contribution < -0.4 is 0 Å². The molecule has 2 heterocycles. The monoisotopic (exact) mass is 264 g/mol. The van der Waals surface area contributed by atoms with E-state index in [1.165, 1.54) is 0 Å². The van der Waals surface area contributed by atoms with Gasteiger partial charge in [-0.25, -0.2) is 14.6 Å². The van der Waals surface area contributed by atoms with E-state index in [1.54, 1.807) is 20.8 Å². The van der Waals surface area contributed by atoms with Gasteiger partial charge < -0.3 is 9.84 Å². The number of esters is 1. The van der Waals surface area contributed by atoms with Crippen molar-refractivity contribution in [1.29, 1.82) is 0 Å². The maximum absolute atomic E-state index is 11.9. The van der Waals surface area contributed by atoms with Gasteiger partial charge in [0.05, 0.1) is 0 Å². The normalized spacial score (nSPS) is 11.5. The van der Waals surface area contributed by atoms with Gasteiger partial charge in [0.15, 0.2) is 11.4 Å². The van der Waals surface area contributed by atoms with Crippen molar-refractivity contribution in [3.05, 3.63) is 23.8 Å². The Morgan fingerprint density at radius 3 is 2.63 bits per heavy atom. The topological polar surface area (TPSA) is 107 Å². The number of carbonyl (C=O) groups is 2.